The second-order valence-corrected chi connectivity index (χ2v) is 4.59. The number of para-hydroxylation sites is 1. The van der Waals surface area contributed by atoms with Crippen molar-refractivity contribution in [1.82, 2.24) is 0 Å². The molecule has 1 aromatic carbocycles. The maximum absolute atomic E-state index is 11.5. The lowest BCUT2D eigenvalue weighted by Gasteiger charge is -2.08. The number of hydrogen-bond acceptors (Lipinski definition) is 3. The average Bonchev–Trinajstić information content (AvgIpc) is 2.47. The summed E-state index contributed by atoms with van der Waals surface area (Å²) in [5.74, 6) is 0.500. The first kappa shape index (κ1) is 16.3. The van der Waals surface area contributed by atoms with Crippen LogP contribution in [0.4, 0.5) is 0 Å². The standard InChI is InChI=1S/C17H24O3/c1-3-5-13-19-16-10-8-7-9-15(16)11-12-17(18)20-14-6-4-2/h7-12H,3-6,13-14H2,1-2H3/b12-11+. The van der Waals surface area contributed by atoms with Crippen LogP contribution in [0.25, 0.3) is 6.08 Å². The van der Waals surface area contributed by atoms with Crippen LogP contribution in [0.3, 0.4) is 0 Å². The Labute approximate surface area is 121 Å². The van der Waals surface area contributed by atoms with Gasteiger partial charge < -0.3 is 9.47 Å². The van der Waals surface area contributed by atoms with Crippen molar-refractivity contribution in [3.8, 4) is 5.75 Å². The molecule has 20 heavy (non-hydrogen) atoms. The van der Waals surface area contributed by atoms with Gasteiger partial charge in [-0.25, -0.2) is 4.79 Å². The van der Waals surface area contributed by atoms with Crippen molar-refractivity contribution in [2.75, 3.05) is 13.2 Å². The van der Waals surface area contributed by atoms with Gasteiger partial charge in [-0.1, -0.05) is 44.9 Å². The molecule has 110 valence electrons. The zero-order valence-electron chi connectivity index (χ0n) is 12.4. The van der Waals surface area contributed by atoms with Crippen LogP contribution < -0.4 is 4.74 Å². The van der Waals surface area contributed by atoms with Crippen LogP contribution in [0, 0.1) is 0 Å². The first-order chi connectivity index (χ1) is 9.77. The number of carbonyl (C=O) groups is 1. The van der Waals surface area contributed by atoms with Crippen molar-refractivity contribution in [2.45, 2.75) is 39.5 Å². The zero-order valence-corrected chi connectivity index (χ0v) is 12.4. The summed E-state index contributed by atoms with van der Waals surface area (Å²) in [5.41, 5.74) is 0.899. The summed E-state index contributed by atoms with van der Waals surface area (Å²) in [4.78, 5) is 11.5. The van der Waals surface area contributed by atoms with Gasteiger partial charge in [0.25, 0.3) is 0 Å². The van der Waals surface area contributed by atoms with Crippen molar-refractivity contribution in [3.63, 3.8) is 0 Å². The molecular formula is C17H24O3. The van der Waals surface area contributed by atoms with Crippen LogP contribution in [0.1, 0.15) is 45.1 Å². The third-order valence-electron chi connectivity index (χ3n) is 2.82. The van der Waals surface area contributed by atoms with E-state index in [2.05, 4.69) is 13.8 Å². The molecule has 0 atom stereocenters. The minimum atomic E-state index is -0.304. The van der Waals surface area contributed by atoms with Gasteiger partial charge >= 0.3 is 5.97 Å². The monoisotopic (exact) mass is 276 g/mol. The number of hydrogen-bond donors (Lipinski definition) is 0. The lowest BCUT2D eigenvalue weighted by atomic mass is 10.2. The third kappa shape index (κ3) is 6.41. The van der Waals surface area contributed by atoms with Gasteiger partial charge in [-0.3, -0.25) is 0 Å². The molecular weight excluding hydrogens is 252 g/mol. The summed E-state index contributed by atoms with van der Waals surface area (Å²) < 4.78 is 10.8. The predicted octanol–water partition coefficient (Wildman–Crippen LogP) is 4.22. The van der Waals surface area contributed by atoms with Crippen LogP contribution in [0.5, 0.6) is 5.75 Å². The van der Waals surface area contributed by atoms with E-state index < -0.39 is 0 Å². The lowest BCUT2D eigenvalue weighted by molar-refractivity contribution is -0.137. The highest BCUT2D eigenvalue weighted by Crippen LogP contribution is 2.19. The van der Waals surface area contributed by atoms with Gasteiger partial charge in [0.05, 0.1) is 13.2 Å². The molecule has 0 heterocycles. The Morgan fingerprint density at radius 3 is 2.55 bits per heavy atom. The smallest absolute Gasteiger partial charge is 0.330 e. The van der Waals surface area contributed by atoms with Gasteiger partial charge in [0, 0.05) is 11.6 Å². The number of carbonyl (C=O) groups excluding carboxylic acids is 1. The van der Waals surface area contributed by atoms with E-state index in [1.54, 1.807) is 6.08 Å². The molecule has 0 radical (unpaired) electrons. The minimum Gasteiger partial charge on any atom is -0.493 e. The number of benzene rings is 1. The molecule has 0 saturated heterocycles. The van der Waals surface area contributed by atoms with Crippen LogP contribution in [-0.4, -0.2) is 19.2 Å². The summed E-state index contributed by atoms with van der Waals surface area (Å²) >= 11 is 0. The Hall–Kier alpha value is -1.77. The second kappa shape index (κ2) is 10.1. The summed E-state index contributed by atoms with van der Waals surface area (Å²) in [6, 6.07) is 7.70. The van der Waals surface area contributed by atoms with Gasteiger partial charge in [-0.2, -0.15) is 0 Å². The predicted molar refractivity (Wildman–Crippen MR) is 81.7 cm³/mol. The van der Waals surface area contributed by atoms with Gasteiger partial charge in [-0.05, 0) is 25.0 Å². The SMILES string of the molecule is CCCCOC(=O)/C=C/c1ccccc1OCCCC. The van der Waals surface area contributed by atoms with Crippen LogP contribution in [-0.2, 0) is 9.53 Å². The molecule has 0 amide bonds. The fourth-order valence-corrected chi connectivity index (χ4v) is 1.60. The number of rotatable bonds is 9. The molecule has 1 rings (SSSR count). The Bertz CT molecular complexity index is 424. The molecule has 0 aliphatic rings. The Morgan fingerprint density at radius 1 is 1.10 bits per heavy atom. The van der Waals surface area contributed by atoms with Crippen LogP contribution >= 0.6 is 0 Å². The minimum absolute atomic E-state index is 0.304. The molecule has 3 nitrogen and oxygen atoms in total. The molecule has 0 fully saturated rings. The van der Waals surface area contributed by atoms with Crippen molar-refractivity contribution < 1.29 is 14.3 Å². The number of unbranched alkanes of at least 4 members (excludes halogenated alkanes) is 2. The highest BCUT2D eigenvalue weighted by Gasteiger charge is 2.01. The fourth-order valence-electron chi connectivity index (χ4n) is 1.60. The zero-order chi connectivity index (χ0) is 14.6. The van der Waals surface area contributed by atoms with E-state index in [1.807, 2.05) is 24.3 Å². The Balaban J connectivity index is 2.55. The van der Waals surface area contributed by atoms with Crippen molar-refractivity contribution in [2.24, 2.45) is 0 Å². The summed E-state index contributed by atoms with van der Waals surface area (Å²) in [6.07, 6.45) is 7.24. The Kier molecular flexibility index (Phi) is 8.20. The molecule has 0 bridgehead atoms. The van der Waals surface area contributed by atoms with Crippen molar-refractivity contribution >= 4 is 12.0 Å². The molecule has 0 saturated carbocycles. The maximum Gasteiger partial charge on any atom is 0.330 e. The number of esters is 1. The molecule has 0 aromatic heterocycles. The lowest BCUT2D eigenvalue weighted by Crippen LogP contribution is -2.02. The molecule has 0 spiro atoms. The van der Waals surface area contributed by atoms with E-state index in [1.165, 1.54) is 6.08 Å². The quantitative estimate of drug-likeness (QED) is 0.385. The average molecular weight is 276 g/mol. The molecule has 1 aromatic rings. The summed E-state index contributed by atoms with van der Waals surface area (Å²) in [6.45, 7) is 5.37. The first-order valence-corrected chi connectivity index (χ1v) is 7.34. The number of ether oxygens (including phenoxy) is 2. The van der Waals surface area contributed by atoms with Gasteiger partial charge in [-0.15, -0.1) is 0 Å². The topological polar surface area (TPSA) is 35.5 Å². The van der Waals surface area contributed by atoms with E-state index >= 15 is 0 Å². The van der Waals surface area contributed by atoms with Crippen LogP contribution in [0.15, 0.2) is 30.3 Å². The second-order valence-electron chi connectivity index (χ2n) is 4.59. The molecule has 0 aliphatic heterocycles. The van der Waals surface area contributed by atoms with E-state index in [4.69, 9.17) is 9.47 Å². The van der Waals surface area contributed by atoms with E-state index in [0.717, 1.165) is 37.0 Å². The largest absolute Gasteiger partial charge is 0.493 e. The van der Waals surface area contributed by atoms with Gasteiger partial charge in [0.1, 0.15) is 5.75 Å². The highest BCUT2D eigenvalue weighted by molar-refractivity contribution is 5.87. The van der Waals surface area contributed by atoms with Crippen molar-refractivity contribution in [3.05, 3.63) is 35.9 Å². The molecule has 0 unspecified atom stereocenters. The van der Waals surface area contributed by atoms with E-state index in [-0.39, 0.29) is 5.97 Å². The summed E-state index contributed by atoms with van der Waals surface area (Å²) in [7, 11) is 0. The van der Waals surface area contributed by atoms with Gasteiger partial charge in [0.2, 0.25) is 0 Å². The highest BCUT2D eigenvalue weighted by atomic mass is 16.5. The normalized spacial score (nSPS) is 10.7. The van der Waals surface area contributed by atoms with E-state index in [0.29, 0.717) is 13.2 Å². The van der Waals surface area contributed by atoms with Crippen LogP contribution in [0.2, 0.25) is 0 Å². The van der Waals surface area contributed by atoms with E-state index in [9.17, 15) is 4.79 Å². The molecule has 0 N–H and O–H groups in total. The first-order valence-electron chi connectivity index (χ1n) is 7.34. The third-order valence-corrected chi connectivity index (χ3v) is 2.82. The Morgan fingerprint density at radius 2 is 1.80 bits per heavy atom. The summed E-state index contributed by atoms with van der Waals surface area (Å²) in [5, 5.41) is 0. The molecule has 0 aliphatic carbocycles. The fraction of sp³-hybridized carbons (Fsp3) is 0.471. The molecule has 3 heteroatoms. The van der Waals surface area contributed by atoms with Gasteiger partial charge in [0.15, 0.2) is 0 Å². The van der Waals surface area contributed by atoms with Crippen molar-refractivity contribution in [1.29, 1.82) is 0 Å². The maximum atomic E-state index is 11.5.